The van der Waals surface area contributed by atoms with E-state index in [2.05, 4.69) is 52.0 Å². The number of hydrogen-bond acceptors (Lipinski definition) is 4. The molecule has 0 spiro atoms. The molecule has 288 valence electrons. The van der Waals surface area contributed by atoms with Gasteiger partial charge in [0.1, 0.15) is 11.5 Å². The fraction of sp³-hybridized carbons (Fsp3) is 0.604. The summed E-state index contributed by atoms with van der Waals surface area (Å²) in [7, 11) is 0. The number of benzene rings is 3. The fourth-order valence-corrected chi connectivity index (χ4v) is 6.90. The summed E-state index contributed by atoms with van der Waals surface area (Å²) < 4.78 is 18.2. The Kier molecular flexibility index (Phi) is 22.9. The molecule has 2 atom stereocenters. The number of ether oxygens (including phenoxy) is 3. The molecule has 3 aromatic rings. The number of rotatable bonds is 30. The van der Waals surface area contributed by atoms with Crippen LogP contribution in [0.1, 0.15) is 191 Å². The van der Waals surface area contributed by atoms with E-state index >= 15 is 0 Å². The van der Waals surface area contributed by atoms with E-state index < -0.39 is 0 Å². The molecule has 2 unspecified atom stereocenters. The maximum Gasteiger partial charge on any atom is 0.343 e. The quantitative estimate of drug-likeness (QED) is 0.0392. The maximum atomic E-state index is 12.9. The summed E-state index contributed by atoms with van der Waals surface area (Å²) in [4.78, 5) is 12.9. The molecule has 0 saturated carbocycles. The number of carbonyl (C=O) groups excluding carboxylic acids is 1. The van der Waals surface area contributed by atoms with Crippen LogP contribution in [-0.4, -0.2) is 18.7 Å². The summed E-state index contributed by atoms with van der Waals surface area (Å²) in [6, 6.07) is 23.7. The summed E-state index contributed by atoms with van der Waals surface area (Å²) in [6.07, 6.45) is 28.9. The van der Waals surface area contributed by atoms with Crippen molar-refractivity contribution in [2.24, 2.45) is 0 Å². The van der Waals surface area contributed by atoms with E-state index in [4.69, 9.17) is 14.2 Å². The minimum Gasteiger partial charge on any atom is -0.490 e. The molecule has 0 radical (unpaired) electrons. The standard InChI is InChI=1S/C48H72O4/c1-5-8-10-12-14-16-18-20-22-24-39-50-40(4)41-27-29-42(30-28-41)43-31-33-44(34-32-43)48(49)52-47-37-35-46(36-38-47)51-45(25-7-3)26-23-21-19-17-15-13-11-9-6-2/h27-38,40,45H,5-26,39H2,1-4H3. The first-order valence-electron chi connectivity index (χ1n) is 21.3. The zero-order chi connectivity index (χ0) is 37.1. The molecule has 4 nitrogen and oxygen atoms in total. The molecule has 3 rings (SSSR count). The van der Waals surface area contributed by atoms with E-state index in [0.717, 1.165) is 49.2 Å². The second kappa shape index (κ2) is 27.5. The lowest BCUT2D eigenvalue weighted by Gasteiger charge is -2.19. The van der Waals surface area contributed by atoms with Crippen molar-refractivity contribution in [2.45, 2.75) is 181 Å². The molecule has 0 aliphatic rings. The van der Waals surface area contributed by atoms with Crippen molar-refractivity contribution < 1.29 is 19.0 Å². The van der Waals surface area contributed by atoms with Gasteiger partial charge in [-0.1, -0.05) is 173 Å². The van der Waals surface area contributed by atoms with Gasteiger partial charge in [-0.15, -0.1) is 0 Å². The van der Waals surface area contributed by atoms with Crippen molar-refractivity contribution >= 4 is 5.97 Å². The number of unbranched alkanes of at least 4 members (excludes halogenated alkanes) is 17. The molecule has 52 heavy (non-hydrogen) atoms. The van der Waals surface area contributed by atoms with Gasteiger partial charge in [-0.2, -0.15) is 0 Å². The fourth-order valence-electron chi connectivity index (χ4n) is 6.90. The monoisotopic (exact) mass is 713 g/mol. The number of hydrogen-bond donors (Lipinski definition) is 0. The van der Waals surface area contributed by atoms with Crippen LogP contribution in [0.3, 0.4) is 0 Å². The molecule has 3 aromatic carbocycles. The van der Waals surface area contributed by atoms with Gasteiger partial charge in [0.2, 0.25) is 0 Å². The average molecular weight is 713 g/mol. The highest BCUT2D eigenvalue weighted by molar-refractivity contribution is 5.91. The second-order valence-electron chi connectivity index (χ2n) is 14.9. The van der Waals surface area contributed by atoms with Gasteiger partial charge in [0.25, 0.3) is 0 Å². The first-order valence-corrected chi connectivity index (χ1v) is 21.3. The van der Waals surface area contributed by atoms with Gasteiger partial charge in [-0.3, -0.25) is 0 Å². The van der Waals surface area contributed by atoms with Gasteiger partial charge >= 0.3 is 5.97 Å². The van der Waals surface area contributed by atoms with Crippen molar-refractivity contribution in [3.05, 3.63) is 83.9 Å². The zero-order valence-corrected chi connectivity index (χ0v) is 33.5. The van der Waals surface area contributed by atoms with Crippen LogP contribution in [0.4, 0.5) is 0 Å². The van der Waals surface area contributed by atoms with Crippen LogP contribution in [0, 0.1) is 0 Å². The molecule has 0 aliphatic carbocycles. The summed E-state index contributed by atoms with van der Waals surface area (Å²) >= 11 is 0. The van der Waals surface area contributed by atoms with Crippen molar-refractivity contribution in [3.63, 3.8) is 0 Å². The summed E-state index contributed by atoms with van der Waals surface area (Å²) in [5.74, 6) is 0.991. The second-order valence-corrected chi connectivity index (χ2v) is 14.9. The molecule has 0 aromatic heterocycles. The lowest BCUT2D eigenvalue weighted by atomic mass is 10.0. The molecule has 0 N–H and O–H groups in total. The van der Waals surface area contributed by atoms with Crippen LogP contribution >= 0.6 is 0 Å². The maximum absolute atomic E-state index is 12.9. The van der Waals surface area contributed by atoms with Gasteiger partial charge in [0, 0.05) is 6.61 Å². The lowest BCUT2D eigenvalue weighted by Crippen LogP contribution is -2.16. The average Bonchev–Trinajstić information content (AvgIpc) is 3.17. The molecule has 0 amide bonds. The van der Waals surface area contributed by atoms with E-state index in [0.29, 0.717) is 11.3 Å². The minimum absolute atomic E-state index is 0.0766. The molecule has 0 fully saturated rings. The van der Waals surface area contributed by atoms with E-state index in [1.807, 2.05) is 48.5 Å². The third-order valence-corrected chi connectivity index (χ3v) is 10.3. The van der Waals surface area contributed by atoms with Crippen LogP contribution in [0.2, 0.25) is 0 Å². The molecule has 0 bridgehead atoms. The molecular weight excluding hydrogens is 641 g/mol. The van der Waals surface area contributed by atoms with Crippen molar-refractivity contribution in [2.75, 3.05) is 6.61 Å². The van der Waals surface area contributed by atoms with Gasteiger partial charge < -0.3 is 14.2 Å². The largest absolute Gasteiger partial charge is 0.490 e. The molecule has 4 heteroatoms. The van der Waals surface area contributed by atoms with Crippen molar-refractivity contribution in [1.29, 1.82) is 0 Å². The highest BCUT2D eigenvalue weighted by atomic mass is 16.5. The van der Waals surface area contributed by atoms with Crippen LogP contribution in [0.5, 0.6) is 11.5 Å². The van der Waals surface area contributed by atoms with Crippen molar-refractivity contribution in [1.82, 2.24) is 0 Å². The van der Waals surface area contributed by atoms with Gasteiger partial charge in [-0.25, -0.2) is 4.79 Å². The van der Waals surface area contributed by atoms with Gasteiger partial charge in [0.05, 0.1) is 17.8 Å². The normalized spacial score (nSPS) is 12.5. The Morgan fingerprint density at radius 3 is 1.48 bits per heavy atom. The van der Waals surface area contributed by atoms with E-state index in [1.165, 1.54) is 121 Å². The van der Waals surface area contributed by atoms with Crippen LogP contribution in [0.15, 0.2) is 72.8 Å². The van der Waals surface area contributed by atoms with E-state index in [1.54, 1.807) is 0 Å². The zero-order valence-electron chi connectivity index (χ0n) is 33.5. The smallest absolute Gasteiger partial charge is 0.343 e. The van der Waals surface area contributed by atoms with Gasteiger partial charge in [-0.05, 0) is 85.7 Å². The summed E-state index contributed by atoms with van der Waals surface area (Å²) in [5.41, 5.74) is 3.89. The SMILES string of the molecule is CCCCCCCCCCCCOC(C)c1ccc(-c2ccc(C(=O)Oc3ccc(OC(CCC)CCCCCCCCCCC)cc3)cc2)cc1. The third-order valence-electron chi connectivity index (χ3n) is 10.3. The van der Waals surface area contributed by atoms with Crippen LogP contribution < -0.4 is 9.47 Å². The minimum atomic E-state index is -0.363. The third kappa shape index (κ3) is 18.1. The van der Waals surface area contributed by atoms with E-state index in [-0.39, 0.29) is 18.2 Å². The van der Waals surface area contributed by atoms with Crippen LogP contribution in [0.25, 0.3) is 11.1 Å². The van der Waals surface area contributed by atoms with Crippen LogP contribution in [-0.2, 0) is 4.74 Å². The molecule has 0 aliphatic heterocycles. The Morgan fingerprint density at radius 2 is 0.962 bits per heavy atom. The number of carbonyl (C=O) groups is 1. The van der Waals surface area contributed by atoms with Crippen molar-refractivity contribution in [3.8, 4) is 22.6 Å². The highest BCUT2D eigenvalue weighted by Crippen LogP contribution is 2.26. The summed E-state index contributed by atoms with van der Waals surface area (Å²) in [6.45, 7) is 9.71. The summed E-state index contributed by atoms with van der Waals surface area (Å²) in [5, 5.41) is 0. The Bertz CT molecular complexity index is 1300. The Morgan fingerprint density at radius 1 is 0.500 bits per heavy atom. The van der Waals surface area contributed by atoms with E-state index in [9.17, 15) is 4.79 Å². The Hall–Kier alpha value is -3.11. The number of esters is 1. The first kappa shape index (κ1) is 43.3. The van der Waals surface area contributed by atoms with Gasteiger partial charge in [0.15, 0.2) is 0 Å². The highest BCUT2D eigenvalue weighted by Gasteiger charge is 2.13. The Balaban J connectivity index is 1.35. The Labute approximate surface area is 318 Å². The molecular formula is C48H72O4. The lowest BCUT2D eigenvalue weighted by molar-refractivity contribution is 0.0627. The molecule has 0 heterocycles. The predicted octanol–water partition coefficient (Wildman–Crippen LogP) is 15.0. The first-order chi connectivity index (χ1) is 25.5. The topological polar surface area (TPSA) is 44.8 Å². The molecule has 0 saturated heterocycles. The predicted molar refractivity (Wildman–Crippen MR) is 221 cm³/mol.